The van der Waals surface area contributed by atoms with Gasteiger partial charge in [-0.25, -0.2) is 9.97 Å². The van der Waals surface area contributed by atoms with Gasteiger partial charge in [-0.2, -0.15) is 0 Å². The highest BCUT2D eigenvalue weighted by molar-refractivity contribution is 6.31. The van der Waals surface area contributed by atoms with Crippen molar-refractivity contribution in [3.8, 4) is 56.0 Å². The zero-order chi connectivity index (χ0) is 36.9. The molecule has 4 aromatic carbocycles. The first-order valence-corrected chi connectivity index (χ1v) is 18.3. The van der Waals surface area contributed by atoms with Gasteiger partial charge in [-0.05, 0) is 119 Å². The first-order valence-electron chi connectivity index (χ1n) is 17.1. The summed E-state index contributed by atoms with van der Waals surface area (Å²) >= 11 is 19.1. The summed E-state index contributed by atoms with van der Waals surface area (Å²) in [6.07, 6.45) is 8.14. The molecular weight excluding hydrogens is 735 g/mol. The average molecular weight is 764 g/mol. The van der Waals surface area contributed by atoms with E-state index in [1.165, 1.54) is 7.11 Å². The minimum atomic E-state index is 0.0468. The van der Waals surface area contributed by atoms with Crippen LogP contribution in [0.4, 0.5) is 0 Å². The second-order valence-electron chi connectivity index (χ2n) is 12.9. The number of methoxy groups -OCH3 is 1. The number of phenolic OH excluding ortho intramolecular Hbond substituents is 1. The minimum absolute atomic E-state index is 0.0468. The molecule has 0 saturated carbocycles. The molecule has 262 valence electrons. The van der Waals surface area contributed by atoms with Gasteiger partial charge in [-0.3, -0.25) is 0 Å². The summed E-state index contributed by atoms with van der Waals surface area (Å²) in [6.45, 7) is 0. The van der Waals surface area contributed by atoms with Gasteiger partial charge in [0.2, 0.25) is 0 Å². The Labute approximate surface area is 325 Å². The van der Waals surface area contributed by atoms with Crippen molar-refractivity contribution >= 4 is 81.2 Å². The smallest absolute Gasteiger partial charge is 0.161 e. The van der Waals surface area contributed by atoms with Gasteiger partial charge in [0.1, 0.15) is 0 Å². The topological polar surface area (TPSA) is 86.8 Å². The first-order chi connectivity index (χ1) is 26.3. The van der Waals surface area contributed by atoms with Crippen LogP contribution >= 0.6 is 34.8 Å². The Morgan fingerprint density at radius 2 is 0.759 bits per heavy atom. The Morgan fingerprint density at radius 1 is 0.444 bits per heavy atom. The van der Waals surface area contributed by atoms with Gasteiger partial charge in [-0.15, -0.1) is 0 Å². The van der Waals surface area contributed by atoms with E-state index < -0.39 is 0 Å². The molecule has 5 heterocycles. The molecule has 0 amide bonds. The molecule has 0 atom stereocenters. The molecular formula is C45H29Cl3N4O2. The SMILES string of the molecule is COc1cc(-c2c3nc(c(-c4ccc(Cl)cc4)c4ccc([nH]4)c(-c4ccc(Cl)cc4)c4nc(c(-c5ccc(Cl)cc5)c5ccc2[nH]5)C=C4)C=C3)ccc1O. The molecule has 2 aliphatic rings. The second kappa shape index (κ2) is 13.7. The van der Waals surface area contributed by atoms with Crippen molar-refractivity contribution in [2.24, 2.45) is 0 Å². The number of fused-ring (bicyclic) bond motifs is 8. The lowest BCUT2D eigenvalue weighted by Crippen LogP contribution is -1.90. The number of aromatic amines is 2. The zero-order valence-corrected chi connectivity index (χ0v) is 30.9. The number of hydrogen-bond donors (Lipinski definition) is 3. The van der Waals surface area contributed by atoms with Crippen LogP contribution in [0.1, 0.15) is 22.8 Å². The molecule has 3 N–H and O–H groups in total. The summed E-state index contributed by atoms with van der Waals surface area (Å²) in [6, 6.07) is 36.9. The van der Waals surface area contributed by atoms with Crippen LogP contribution in [0.25, 0.3) is 90.9 Å². The predicted molar refractivity (Wildman–Crippen MR) is 224 cm³/mol. The fraction of sp³-hybridized carbons (Fsp3) is 0.0222. The van der Waals surface area contributed by atoms with Crippen LogP contribution in [0.3, 0.4) is 0 Å². The molecule has 6 nitrogen and oxygen atoms in total. The number of hydrogen-bond acceptors (Lipinski definition) is 4. The minimum Gasteiger partial charge on any atom is -0.504 e. The van der Waals surface area contributed by atoms with Crippen molar-refractivity contribution in [3.05, 3.63) is 153 Å². The Kier molecular flexibility index (Phi) is 8.59. The largest absolute Gasteiger partial charge is 0.504 e. The average Bonchev–Trinajstić information content (AvgIpc) is 4.02. The highest BCUT2D eigenvalue weighted by Gasteiger charge is 2.19. The molecule has 0 spiro atoms. The fourth-order valence-electron chi connectivity index (χ4n) is 7.10. The monoisotopic (exact) mass is 762 g/mol. The van der Waals surface area contributed by atoms with Crippen LogP contribution in [0.15, 0.2) is 115 Å². The summed E-state index contributed by atoms with van der Waals surface area (Å²) in [7, 11) is 1.54. The number of rotatable bonds is 5. The van der Waals surface area contributed by atoms with Gasteiger partial charge in [0.25, 0.3) is 0 Å². The Morgan fingerprint density at radius 3 is 1.09 bits per heavy atom. The van der Waals surface area contributed by atoms with E-state index in [4.69, 9.17) is 49.5 Å². The lowest BCUT2D eigenvalue weighted by molar-refractivity contribution is 0.373. The van der Waals surface area contributed by atoms with E-state index >= 15 is 0 Å². The lowest BCUT2D eigenvalue weighted by Gasteiger charge is -2.09. The molecule has 2 aliphatic heterocycles. The molecule has 9 heteroatoms. The summed E-state index contributed by atoms with van der Waals surface area (Å²) in [5, 5.41) is 12.5. The molecule has 7 aromatic rings. The summed E-state index contributed by atoms with van der Waals surface area (Å²) < 4.78 is 5.55. The molecule has 0 unspecified atom stereocenters. The van der Waals surface area contributed by atoms with E-state index in [2.05, 4.69) is 28.2 Å². The van der Waals surface area contributed by atoms with Crippen molar-refractivity contribution in [2.45, 2.75) is 0 Å². The number of nitrogens with one attached hydrogen (secondary N) is 2. The van der Waals surface area contributed by atoms with Crippen LogP contribution in [-0.4, -0.2) is 32.2 Å². The summed E-state index contributed by atoms with van der Waals surface area (Å²) in [5.41, 5.74) is 13.7. The summed E-state index contributed by atoms with van der Waals surface area (Å²) in [4.78, 5) is 18.1. The number of benzene rings is 4. The van der Waals surface area contributed by atoms with E-state index in [0.717, 1.165) is 89.4 Å². The Balaban J connectivity index is 1.47. The van der Waals surface area contributed by atoms with Crippen molar-refractivity contribution in [1.82, 2.24) is 19.9 Å². The van der Waals surface area contributed by atoms with Gasteiger partial charge in [0.05, 0.1) is 29.9 Å². The van der Waals surface area contributed by atoms with Gasteiger partial charge < -0.3 is 19.8 Å². The fourth-order valence-corrected chi connectivity index (χ4v) is 7.48. The number of aromatic nitrogens is 4. The van der Waals surface area contributed by atoms with Crippen LogP contribution in [0, 0.1) is 0 Å². The van der Waals surface area contributed by atoms with Crippen LogP contribution in [-0.2, 0) is 0 Å². The van der Waals surface area contributed by atoms with E-state index in [1.54, 1.807) is 6.07 Å². The highest BCUT2D eigenvalue weighted by Crippen LogP contribution is 2.40. The van der Waals surface area contributed by atoms with Crippen molar-refractivity contribution in [1.29, 1.82) is 0 Å². The van der Waals surface area contributed by atoms with Crippen LogP contribution in [0.5, 0.6) is 11.5 Å². The van der Waals surface area contributed by atoms with Gasteiger partial charge in [0, 0.05) is 59.4 Å². The number of nitrogens with zero attached hydrogens (tertiary/aromatic N) is 2. The van der Waals surface area contributed by atoms with E-state index in [0.29, 0.717) is 20.8 Å². The third-order valence-corrected chi connectivity index (χ3v) is 10.4. The number of H-pyrrole nitrogens is 2. The molecule has 0 aliphatic carbocycles. The second-order valence-corrected chi connectivity index (χ2v) is 14.2. The van der Waals surface area contributed by atoms with Gasteiger partial charge in [0.15, 0.2) is 11.5 Å². The molecule has 0 fully saturated rings. The standard InChI is InChI=1S/C45H29Cl3N4O2/c1-54-41-24-28(8-23-40(41)53)45-38-21-19-36(51-38)43(26-4-11-30(47)12-5-26)34-17-15-32(49-34)42(25-2-9-29(46)10-3-25)33-16-18-35(50-33)44(37-20-22-39(45)52-37)27-6-13-31(48)14-7-27/h2-24,49,52-53H,1H3. The molecule has 3 aromatic heterocycles. The third kappa shape index (κ3) is 6.14. The maximum absolute atomic E-state index is 10.5. The lowest BCUT2D eigenvalue weighted by atomic mass is 10.0. The normalized spacial score (nSPS) is 12.0. The predicted octanol–water partition coefficient (Wildman–Crippen LogP) is 13.0. The quantitative estimate of drug-likeness (QED) is 0.163. The van der Waals surface area contributed by atoms with Crippen LogP contribution < -0.4 is 4.74 Å². The van der Waals surface area contributed by atoms with Crippen molar-refractivity contribution < 1.29 is 9.84 Å². The molecule has 0 radical (unpaired) electrons. The first kappa shape index (κ1) is 33.8. The molecule has 8 bridgehead atoms. The third-order valence-electron chi connectivity index (χ3n) is 9.62. The highest BCUT2D eigenvalue weighted by atomic mass is 35.5. The molecule has 9 rings (SSSR count). The van der Waals surface area contributed by atoms with Gasteiger partial charge >= 0.3 is 0 Å². The molecule has 54 heavy (non-hydrogen) atoms. The zero-order valence-electron chi connectivity index (χ0n) is 28.7. The van der Waals surface area contributed by atoms with Gasteiger partial charge in [-0.1, -0.05) is 77.3 Å². The summed E-state index contributed by atoms with van der Waals surface area (Å²) in [5.74, 6) is 0.401. The maximum Gasteiger partial charge on any atom is 0.161 e. The molecule has 0 saturated heterocycles. The van der Waals surface area contributed by atoms with Crippen molar-refractivity contribution in [2.75, 3.05) is 7.11 Å². The Hall–Kier alpha value is -6.05. The van der Waals surface area contributed by atoms with E-state index in [9.17, 15) is 5.11 Å². The number of halogens is 3. The van der Waals surface area contributed by atoms with Crippen molar-refractivity contribution in [3.63, 3.8) is 0 Å². The Bertz CT molecular complexity index is 2790. The van der Waals surface area contributed by atoms with E-state index in [-0.39, 0.29) is 5.75 Å². The maximum atomic E-state index is 10.5. The number of phenols is 1. The van der Waals surface area contributed by atoms with Crippen LogP contribution in [0.2, 0.25) is 15.1 Å². The van der Waals surface area contributed by atoms with E-state index in [1.807, 2.05) is 115 Å². The number of ether oxygens (including phenoxy) is 1. The number of aromatic hydroxyl groups is 1.